The van der Waals surface area contributed by atoms with Crippen molar-refractivity contribution in [3.8, 4) is 6.07 Å². The van der Waals surface area contributed by atoms with Crippen molar-refractivity contribution in [3.05, 3.63) is 83.8 Å². The number of imide groups is 1. The molecule has 0 saturated carbocycles. The van der Waals surface area contributed by atoms with Crippen LogP contribution in [0.3, 0.4) is 0 Å². The van der Waals surface area contributed by atoms with Crippen LogP contribution < -0.4 is 21.2 Å². The average molecular weight is 472 g/mol. The number of aliphatic hydroxyl groups excluding tert-OH is 1. The Balaban J connectivity index is 1.65. The van der Waals surface area contributed by atoms with E-state index in [9.17, 15) is 19.5 Å². The SMILES string of the molecule is Cn1ccc(NC(=O)C2=C(O)CN(c3ccc(C#N)cc3)N(C(=O)NNc3ccccc3)C2=O)n1. The number of hydrogen-bond donors (Lipinski definition) is 4. The molecule has 12 heteroatoms. The first kappa shape index (κ1) is 22.9. The van der Waals surface area contributed by atoms with Gasteiger partial charge in [-0.1, -0.05) is 18.2 Å². The van der Waals surface area contributed by atoms with Gasteiger partial charge in [-0.25, -0.2) is 10.2 Å². The number of nitrogens with zero attached hydrogens (tertiary/aromatic N) is 5. The lowest BCUT2D eigenvalue weighted by Crippen LogP contribution is -2.59. The number of hydrazine groups is 2. The van der Waals surface area contributed by atoms with Crippen molar-refractivity contribution in [1.29, 1.82) is 5.26 Å². The Morgan fingerprint density at radius 3 is 2.43 bits per heavy atom. The van der Waals surface area contributed by atoms with Gasteiger partial charge in [0.05, 0.1) is 29.6 Å². The van der Waals surface area contributed by atoms with Gasteiger partial charge in [0, 0.05) is 19.3 Å². The van der Waals surface area contributed by atoms with Gasteiger partial charge in [0.15, 0.2) is 5.82 Å². The van der Waals surface area contributed by atoms with E-state index in [0.717, 1.165) is 0 Å². The highest BCUT2D eigenvalue weighted by atomic mass is 16.3. The summed E-state index contributed by atoms with van der Waals surface area (Å²) < 4.78 is 1.45. The number of rotatable bonds is 5. The molecular weight excluding hydrogens is 452 g/mol. The van der Waals surface area contributed by atoms with Crippen LogP contribution in [0.1, 0.15) is 5.56 Å². The van der Waals surface area contributed by atoms with E-state index in [1.807, 2.05) is 6.07 Å². The van der Waals surface area contributed by atoms with Crippen LogP contribution in [0.15, 0.2) is 78.2 Å². The normalized spacial score (nSPS) is 13.3. The van der Waals surface area contributed by atoms with Crippen LogP contribution >= 0.6 is 0 Å². The number of nitrogens with one attached hydrogen (secondary N) is 3. The van der Waals surface area contributed by atoms with Gasteiger partial charge >= 0.3 is 6.03 Å². The number of aliphatic hydroxyl groups is 1. The molecule has 0 radical (unpaired) electrons. The Bertz CT molecular complexity index is 1340. The summed E-state index contributed by atoms with van der Waals surface area (Å²) >= 11 is 0. The zero-order chi connectivity index (χ0) is 24.9. The van der Waals surface area contributed by atoms with E-state index >= 15 is 0 Å². The number of amides is 4. The number of carbonyl (C=O) groups is 3. The topological polar surface area (TPSA) is 156 Å². The summed E-state index contributed by atoms with van der Waals surface area (Å²) in [4.78, 5) is 39.3. The molecule has 0 fully saturated rings. The molecule has 0 spiro atoms. The maximum Gasteiger partial charge on any atom is 0.362 e. The Labute approximate surface area is 199 Å². The third-order valence-electron chi connectivity index (χ3n) is 4.99. The molecule has 0 aliphatic carbocycles. The first-order valence-corrected chi connectivity index (χ1v) is 10.3. The van der Waals surface area contributed by atoms with Gasteiger partial charge in [-0.05, 0) is 36.4 Å². The monoisotopic (exact) mass is 472 g/mol. The van der Waals surface area contributed by atoms with Crippen molar-refractivity contribution < 1.29 is 19.5 Å². The summed E-state index contributed by atoms with van der Waals surface area (Å²) in [5.41, 5.74) is 5.78. The summed E-state index contributed by atoms with van der Waals surface area (Å²) in [5, 5.41) is 28.1. The van der Waals surface area contributed by atoms with Crippen molar-refractivity contribution in [2.24, 2.45) is 7.05 Å². The number of aryl methyl sites for hydroxylation is 1. The molecule has 4 N–H and O–H groups in total. The summed E-state index contributed by atoms with van der Waals surface area (Å²) in [5.74, 6) is -2.34. The third-order valence-corrected chi connectivity index (χ3v) is 4.99. The van der Waals surface area contributed by atoms with Crippen LogP contribution in [0.5, 0.6) is 0 Å². The maximum absolute atomic E-state index is 13.4. The number of aromatic nitrogens is 2. The van der Waals surface area contributed by atoms with Crippen molar-refractivity contribution in [1.82, 2.24) is 20.2 Å². The number of urea groups is 1. The molecule has 0 saturated heterocycles. The lowest BCUT2D eigenvalue weighted by Gasteiger charge is -2.38. The lowest BCUT2D eigenvalue weighted by molar-refractivity contribution is -0.128. The number of benzene rings is 2. The molecule has 12 nitrogen and oxygen atoms in total. The number of hydrogen-bond acceptors (Lipinski definition) is 8. The predicted octanol–water partition coefficient (Wildman–Crippen LogP) is 2.04. The highest BCUT2D eigenvalue weighted by Gasteiger charge is 2.41. The van der Waals surface area contributed by atoms with Crippen LogP contribution in [-0.2, 0) is 16.6 Å². The van der Waals surface area contributed by atoms with Gasteiger partial charge in [0.25, 0.3) is 11.8 Å². The van der Waals surface area contributed by atoms with Gasteiger partial charge in [0.1, 0.15) is 11.3 Å². The minimum atomic E-state index is -1.06. The molecule has 2 heterocycles. The standard InChI is InChI=1S/C23H20N8O4/c1-29-12-11-19(28-29)25-21(33)20-18(32)14-30(17-9-7-15(13-24)8-10-17)31(22(20)34)23(35)27-26-16-5-3-2-4-6-16/h2-12,26,32H,14H2,1H3,(H,27,35)(H,25,28,33). The van der Waals surface area contributed by atoms with E-state index in [4.69, 9.17) is 5.26 Å². The van der Waals surface area contributed by atoms with Gasteiger partial charge in [-0.2, -0.15) is 15.4 Å². The van der Waals surface area contributed by atoms with E-state index in [1.165, 1.54) is 40.0 Å². The molecule has 1 aromatic heterocycles. The van der Waals surface area contributed by atoms with Crippen LogP contribution in [0, 0.1) is 11.3 Å². The minimum Gasteiger partial charge on any atom is -0.509 e. The number of anilines is 3. The zero-order valence-corrected chi connectivity index (χ0v) is 18.5. The summed E-state index contributed by atoms with van der Waals surface area (Å²) in [6.07, 6.45) is 1.59. The second-order valence-electron chi connectivity index (χ2n) is 7.40. The van der Waals surface area contributed by atoms with Crippen molar-refractivity contribution in [2.75, 3.05) is 22.3 Å². The summed E-state index contributed by atoms with van der Waals surface area (Å²) in [6, 6.07) is 17.3. The number of carbonyl (C=O) groups excluding carboxylic acids is 3. The van der Waals surface area contributed by atoms with Crippen molar-refractivity contribution in [2.45, 2.75) is 0 Å². The first-order valence-electron chi connectivity index (χ1n) is 10.3. The first-order chi connectivity index (χ1) is 16.9. The minimum absolute atomic E-state index is 0.168. The Hall–Kier alpha value is -5.31. The average Bonchev–Trinajstić information content (AvgIpc) is 3.27. The molecule has 0 bridgehead atoms. The fourth-order valence-corrected chi connectivity index (χ4v) is 3.34. The summed E-state index contributed by atoms with van der Waals surface area (Å²) in [6.45, 7) is -0.360. The fourth-order valence-electron chi connectivity index (χ4n) is 3.34. The quantitative estimate of drug-likeness (QED) is 0.325. The van der Waals surface area contributed by atoms with Gasteiger partial charge in [0.2, 0.25) is 0 Å². The molecule has 4 rings (SSSR count). The van der Waals surface area contributed by atoms with Crippen molar-refractivity contribution in [3.63, 3.8) is 0 Å². The highest BCUT2D eigenvalue weighted by molar-refractivity contribution is 6.26. The molecule has 0 unspecified atom stereocenters. The molecule has 1 aliphatic heterocycles. The largest absolute Gasteiger partial charge is 0.509 e. The van der Waals surface area contributed by atoms with Crippen LogP contribution in [-0.4, -0.2) is 44.3 Å². The van der Waals surface area contributed by atoms with E-state index in [1.54, 1.807) is 43.6 Å². The number of para-hydroxylation sites is 1. The van der Waals surface area contributed by atoms with Crippen LogP contribution in [0.2, 0.25) is 0 Å². The summed E-state index contributed by atoms with van der Waals surface area (Å²) in [7, 11) is 1.65. The fraction of sp³-hybridized carbons (Fsp3) is 0.0870. The van der Waals surface area contributed by atoms with Crippen LogP contribution in [0.25, 0.3) is 0 Å². The van der Waals surface area contributed by atoms with E-state index < -0.39 is 29.2 Å². The van der Waals surface area contributed by atoms with E-state index in [0.29, 0.717) is 21.9 Å². The molecule has 0 atom stereocenters. The van der Waals surface area contributed by atoms with Crippen LogP contribution in [0.4, 0.5) is 22.0 Å². The molecule has 1 aliphatic rings. The molecule has 2 aromatic carbocycles. The molecule has 4 amide bonds. The number of nitriles is 1. The zero-order valence-electron chi connectivity index (χ0n) is 18.5. The second-order valence-corrected chi connectivity index (χ2v) is 7.40. The maximum atomic E-state index is 13.4. The van der Waals surface area contributed by atoms with E-state index in [-0.39, 0.29) is 12.4 Å². The smallest absolute Gasteiger partial charge is 0.362 e. The molecule has 3 aromatic rings. The van der Waals surface area contributed by atoms with Gasteiger partial charge in [-0.15, -0.1) is 0 Å². The Morgan fingerprint density at radius 2 is 1.80 bits per heavy atom. The molecular formula is C23H20N8O4. The van der Waals surface area contributed by atoms with E-state index in [2.05, 4.69) is 21.3 Å². The predicted molar refractivity (Wildman–Crippen MR) is 125 cm³/mol. The lowest BCUT2D eigenvalue weighted by atomic mass is 10.1. The Morgan fingerprint density at radius 1 is 1.09 bits per heavy atom. The Kier molecular flexibility index (Phi) is 6.32. The van der Waals surface area contributed by atoms with Crippen molar-refractivity contribution >= 4 is 35.0 Å². The van der Waals surface area contributed by atoms with Gasteiger partial charge < -0.3 is 10.4 Å². The van der Waals surface area contributed by atoms with Gasteiger partial charge in [-0.3, -0.25) is 24.7 Å². The molecule has 176 valence electrons. The third kappa shape index (κ3) is 4.88. The second kappa shape index (κ2) is 9.67. The molecule has 35 heavy (non-hydrogen) atoms. The highest BCUT2D eigenvalue weighted by Crippen LogP contribution is 2.26.